The normalized spacial score (nSPS) is 18.6. The Kier molecular flexibility index (Phi) is 7.62. The maximum Gasteiger partial charge on any atom is 0.272 e. The monoisotopic (exact) mass is 379 g/mol. The van der Waals surface area contributed by atoms with Crippen LogP contribution in [-0.4, -0.2) is 61.6 Å². The van der Waals surface area contributed by atoms with Crippen LogP contribution in [-0.2, 0) is 14.4 Å². The maximum atomic E-state index is 13.0. The number of amides is 3. The Morgan fingerprint density at radius 3 is 2.78 bits per heavy atom. The molecule has 0 aromatic carbocycles. The Morgan fingerprint density at radius 2 is 2.15 bits per heavy atom. The molecule has 0 saturated carbocycles. The molecule has 148 valence electrons. The van der Waals surface area contributed by atoms with E-state index in [2.05, 4.69) is 15.3 Å². The van der Waals surface area contributed by atoms with Crippen molar-refractivity contribution < 1.29 is 24.7 Å². The van der Waals surface area contributed by atoms with Crippen molar-refractivity contribution >= 4 is 23.5 Å². The number of carbonyl (C=O) groups excluding carboxylic acids is 3. The van der Waals surface area contributed by atoms with E-state index in [9.17, 15) is 19.5 Å². The molecule has 1 fully saturated rings. The van der Waals surface area contributed by atoms with E-state index in [-0.39, 0.29) is 12.2 Å². The molecule has 4 N–H and O–H groups in total. The molecule has 2 heterocycles. The molecule has 1 aliphatic heterocycles. The molecule has 0 aliphatic carbocycles. The zero-order valence-electron chi connectivity index (χ0n) is 15.2. The van der Waals surface area contributed by atoms with E-state index < -0.39 is 35.8 Å². The summed E-state index contributed by atoms with van der Waals surface area (Å²) in [6.45, 7) is 2.28. The van der Waals surface area contributed by atoms with Gasteiger partial charge in [0.15, 0.2) is 5.82 Å². The van der Waals surface area contributed by atoms with Gasteiger partial charge in [-0.05, 0) is 19.3 Å². The van der Waals surface area contributed by atoms with Crippen molar-refractivity contribution in [3.05, 3.63) is 18.6 Å². The first-order valence-electron chi connectivity index (χ1n) is 8.99. The summed E-state index contributed by atoms with van der Waals surface area (Å²) in [6.07, 6.45) is 5.42. The van der Waals surface area contributed by atoms with Crippen molar-refractivity contribution in [3.63, 3.8) is 0 Å². The SMILES string of the molecule is CCCCC(C(=O)N1CCC[C@H]1C(=O)Nc1cnccn1)C(O)C(=O)NO. The third-order valence-corrected chi connectivity index (χ3v) is 4.60. The van der Waals surface area contributed by atoms with Gasteiger partial charge >= 0.3 is 0 Å². The second kappa shape index (κ2) is 9.93. The van der Waals surface area contributed by atoms with Gasteiger partial charge in [-0.3, -0.25) is 24.6 Å². The summed E-state index contributed by atoms with van der Waals surface area (Å²) >= 11 is 0. The van der Waals surface area contributed by atoms with Gasteiger partial charge in [0.25, 0.3) is 5.91 Å². The van der Waals surface area contributed by atoms with Crippen LogP contribution in [0.5, 0.6) is 0 Å². The molecule has 1 aromatic rings. The van der Waals surface area contributed by atoms with Gasteiger partial charge in [-0.25, -0.2) is 10.5 Å². The molecule has 10 nitrogen and oxygen atoms in total. The molecule has 0 spiro atoms. The van der Waals surface area contributed by atoms with E-state index in [1.807, 2.05) is 6.92 Å². The van der Waals surface area contributed by atoms with Gasteiger partial charge < -0.3 is 15.3 Å². The zero-order chi connectivity index (χ0) is 19.8. The average Bonchev–Trinajstić information content (AvgIpc) is 3.18. The molecule has 27 heavy (non-hydrogen) atoms. The van der Waals surface area contributed by atoms with Gasteiger partial charge in [0, 0.05) is 18.9 Å². The number of rotatable bonds is 8. The standard InChI is InChI=1S/C17H25N5O5/c1-2-3-5-11(14(23)16(25)21-27)17(26)22-9-4-6-12(22)15(24)20-13-10-18-7-8-19-13/h7-8,10-12,14,23,27H,2-6,9H2,1H3,(H,21,25)(H,19,20,24)/t11?,12-,14?/m0/s1. The number of hydrogen-bond donors (Lipinski definition) is 4. The third kappa shape index (κ3) is 5.20. The molecule has 0 bridgehead atoms. The third-order valence-electron chi connectivity index (χ3n) is 4.60. The number of hydrogen-bond acceptors (Lipinski definition) is 7. The molecule has 3 amide bonds. The second-order valence-electron chi connectivity index (χ2n) is 6.44. The van der Waals surface area contributed by atoms with Crippen LogP contribution in [0.2, 0.25) is 0 Å². The topological polar surface area (TPSA) is 145 Å². The molecule has 2 unspecified atom stereocenters. The molecule has 2 rings (SSSR count). The fraction of sp³-hybridized carbons (Fsp3) is 0.588. The molecule has 0 radical (unpaired) electrons. The molecule has 1 aromatic heterocycles. The lowest BCUT2D eigenvalue weighted by atomic mass is 9.93. The van der Waals surface area contributed by atoms with Crippen LogP contribution in [0, 0.1) is 5.92 Å². The van der Waals surface area contributed by atoms with Crippen LogP contribution in [0.3, 0.4) is 0 Å². The van der Waals surface area contributed by atoms with Gasteiger partial charge in [0.2, 0.25) is 11.8 Å². The first-order valence-corrected chi connectivity index (χ1v) is 8.99. The Balaban J connectivity index is 2.12. The molecular weight excluding hydrogens is 354 g/mol. The zero-order valence-corrected chi connectivity index (χ0v) is 15.2. The number of anilines is 1. The second-order valence-corrected chi connectivity index (χ2v) is 6.44. The van der Waals surface area contributed by atoms with E-state index in [0.717, 1.165) is 6.42 Å². The van der Waals surface area contributed by atoms with Crippen molar-refractivity contribution in [2.24, 2.45) is 5.92 Å². The van der Waals surface area contributed by atoms with Crippen molar-refractivity contribution in [3.8, 4) is 0 Å². The van der Waals surface area contributed by atoms with Crippen molar-refractivity contribution in [1.82, 2.24) is 20.3 Å². The Bertz CT molecular complexity index is 656. The van der Waals surface area contributed by atoms with Gasteiger partial charge in [0.05, 0.1) is 12.1 Å². The minimum absolute atomic E-state index is 0.277. The van der Waals surface area contributed by atoms with Gasteiger partial charge in [-0.2, -0.15) is 0 Å². The highest BCUT2D eigenvalue weighted by Gasteiger charge is 2.41. The van der Waals surface area contributed by atoms with Crippen molar-refractivity contribution in [1.29, 1.82) is 0 Å². The smallest absolute Gasteiger partial charge is 0.272 e. The van der Waals surface area contributed by atoms with Crippen LogP contribution >= 0.6 is 0 Å². The molecular formula is C17H25N5O5. The number of nitrogens with zero attached hydrogens (tertiary/aromatic N) is 3. The van der Waals surface area contributed by atoms with Crippen LogP contribution in [0.4, 0.5) is 5.82 Å². The van der Waals surface area contributed by atoms with Gasteiger partial charge in [-0.15, -0.1) is 0 Å². The van der Waals surface area contributed by atoms with Crippen LogP contribution in [0.1, 0.15) is 39.0 Å². The molecule has 3 atom stereocenters. The van der Waals surface area contributed by atoms with E-state index in [0.29, 0.717) is 25.8 Å². The van der Waals surface area contributed by atoms with Crippen LogP contribution in [0.15, 0.2) is 18.6 Å². The maximum absolute atomic E-state index is 13.0. The highest BCUT2D eigenvalue weighted by Crippen LogP contribution is 2.25. The number of unbranched alkanes of at least 4 members (excludes halogenated alkanes) is 1. The van der Waals surface area contributed by atoms with Crippen molar-refractivity contribution in [2.45, 2.75) is 51.2 Å². The quantitative estimate of drug-likeness (QED) is 0.370. The Hall–Kier alpha value is -2.59. The molecule has 10 heteroatoms. The van der Waals surface area contributed by atoms with E-state index in [1.54, 1.807) is 0 Å². The highest BCUT2D eigenvalue weighted by molar-refractivity contribution is 5.98. The number of hydroxylamine groups is 1. The minimum atomic E-state index is -1.68. The predicted molar refractivity (Wildman–Crippen MR) is 94.3 cm³/mol. The summed E-state index contributed by atoms with van der Waals surface area (Å²) in [7, 11) is 0. The summed E-state index contributed by atoms with van der Waals surface area (Å²) < 4.78 is 0. The molecule has 1 aliphatic rings. The summed E-state index contributed by atoms with van der Waals surface area (Å²) in [5.74, 6) is -2.65. The molecule has 1 saturated heterocycles. The highest BCUT2D eigenvalue weighted by atomic mass is 16.5. The van der Waals surface area contributed by atoms with Crippen LogP contribution < -0.4 is 10.8 Å². The number of nitrogens with one attached hydrogen (secondary N) is 2. The van der Waals surface area contributed by atoms with E-state index in [1.165, 1.54) is 29.0 Å². The first-order chi connectivity index (χ1) is 13.0. The first kappa shape index (κ1) is 20.7. The average molecular weight is 379 g/mol. The summed E-state index contributed by atoms with van der Waals surface area (Å²) in [4.78, 5) is 46.4. The minimum Gasteiger partial charge on any atom is -0.382 e. The Labute approximate surface area is 156 Å². The summed E-state index contributed by atoms with van der Waals surface area (Å²) in [5.41, 5.74) is 1.38. The number of aliphatic hydroxyl groups is 1. The van der Waals surface area contributed by atoms with Gasteiger partial charge in [-0.1, -0.05) is 19.8 Å². The van der Waals surface area contributed by atoms with Gasteiger partial charge in [0.1, 0.15) is 12.1 Å². The summed E-state index contributed by atoms with van der Waals surface area (Å²) in [6, 6.07) is -0.715. The van der Waals surface area contributed by atoms with Crippen molar-refractivity contribution in [2.75, 3.05) is 11.9 Å². The lowest BCUT2D eigenvalue weighted by molar-refractivity contribution is -0.152. The lowest BCUT2D eigenvalue weighted by Crippen LogP contribution is -2.50. The lowest BCUT2D eigenvalue weighted by Gasteiger charge is -2.29. The Morgan fingerprint density at radius 1 is 1.37 bits per heavy atom. The fourth-order valence-electron chi connectivity index (χ4n) is 3.18. The number of aromatic nitrogens is 2. The van der Waals surface area contributed by atoms with E-state index >= 15 is 0 Å². The number of carbonyl (C=O) groups is 3. The van der Waals surface area contributed by atoms with Crippen LogP contribution in [0.25, 0.3) is 0 Å². The fourth-order valence-corrected chi connectivity index (χ4v) is 3.18. The largest absolute Gasteiger partial charge is 0.382 e. The summed E-state index contributed by atoms with van der Waals surface area (Å²) in [5, 5.41) is 21.6. The number of aliphatic hydroxyl groups excluding tert-OH is 1. The number of likely N-dealkylation sites (tertiary alicyclic amines) is 1. The predicted octanol–water partition coefficient (Wildman–Crippen LogP) is 0.0788. The van der Waals surface area contributed by atoms with E-state index in [4.69, 9.17) is 5.21 Å².